The van der Waals surface area contributed by atoms with Gasteiger partial charge in [-0.15, -0.1) is 0 Å². The molecule has 2 fully saturated rings. The van der Waals surface area contributed by atoms with E-state index >= 15 is 0 Å². The summed E-state index contributed by atoms with van der Waals surface area (Å²) in [5, 5.41) is 13.7. The van der Waals surface area contributed by atoms with E-state index < -0.39 is 0 Å². The van der Waals surface area contributed by atoms with E-state index in [1.165, 1.54) is 25.2 Å². The molecular formula is C27H29Cl2N8O2+. The molecule has 6 heterocycles. The zero-order chi connectivity index (χ0) is 26.9. The van der Waals surface area contributed by atoms with E-state index in [-0.39, 0.29) is 12.5 Å². The molecule has 0 aliphatic carbocycles. The van der Waals surface area contributed by atoms with Gasteiger partial charge in [-0.2, -0.15) is 0 Å². The number of piperazine rings is 1. The third-order valence-corrected chi connectivity index (χ3v) is 7.83. The van der Waals surface area contributed by atoms with Crippen LogP contribution in [0.3, 0.4) is 0 Å². The summed E-state index contributed by atoms with van der Waals surface area (Å²) in [6.07, 6.45) is 8.99. The number of halogens is 2. The highest BCUT2D eigenvalue weighted by Gasteiger charge is 2.26. The molecule has 1 amide bonds. The number of fused-ring (bicyclic) bond motifs is 1. The van der Waals surface area contributed by atoms with Crippen LogP contribution in [-0.2, 0) is 4.79 Å². The van der Waals surface area contributed by atoms with E-state index in [2.05, 4.69) is 10.2 Å². The zero-order valence-electron chi connectivity index (χ0n) is 21.3. The van der Waals surface area contributed by atoms with Crippen LogP contribution in [0.25, 0.3) is 16.9 Å². The van der Waals surface area contributed by atoms with Gasteiger partial charge in [0.15, 0.2) is 0 Å². The van der Waals surface area contributed by atoms with E-state index in [1.807, 2.05) is 56.9 Å². The molecule has 2 aliphatic rings. The van der Waals surface area contributed by atoms with Crippen molar-refractivity contribution in [1.82, 2.24) is 19.3 Å². The zero-order valence-corrected chi connectivity index (χ0v) is 22.8. The molecule has 12 heteroatoms. The second-order valence-electron chi connectivity index (χ2n) is 9.74. The molecule has 2 N–H and O–H groups in total. The largest absolute Gasteiger partial charge is 0.365 e. The minimum absolute atomic E-state index is 0.00700. The number of carbonyl (C=O) groups excluding carboxylic acids is 1. The van der Waals surface area contributed by atoms with E-state index in [9.17, 15) is 10.0 Å². The van der Waals surface area contributed by atoms with Gasteiger partial charge in [0.2, 0.25) is 18.3 Å². The molecule has 6 rings (SSSR count). The molecule has 4 aromatic rings. The Labute approximate surface area is 236 Å². The fraction of sp³-hybridized carbons (Fsp3) is 0.333. The molecule has 0 atom stereocenters. The highest BCUT2D eigenvalue weighted by Crippen LogP contribution is 2.33. The third-order valence-electron chi connectivity index (χ3n) is 7.28. The van der Waals surface area contributed by atoms with Crippen molar-refractivity contribution in [2.24, 2.45) is 0 Å². The Hall–Kier alpha value is -3.76. The molecule has 39 heavy (non-hydrogen) atoms. The highest BCUT2D eigenvalue weighted by atomic mass is 35.5. The average Bonchev–Trinajstić information content (AvgIpc) is 3.60. The second-order valence-corrected chi connectivity index (χ2v) is 10.6. The predicted octanol–water partition coefficient (Wildman–Crippen LogP) is 3.59. The maximum Gasteiger partial charge on any atom is 0.243 e. The summed E-state index contributed by atoms with van der Waals surface area (Å²) >= 11 is 12.6. The van der Waals surface area contributed by atoms with Crippen LogP contribution < -0.4 is 19.8 Å². The first-order valence-corrected chi connectivity index (χ1v) is 13.8. The van der Waals surface area contributed by atoms with E-state index in [0.29, 0.717) is 41.9 Å². The van der Waals surface area contributed by atoms with Crippen LogP contribution in [0, 0.1) is 0 Å². The summed E-state index contributed by atoms with van der Waals surface area (Å²) in [6.45, 7) is 4.43. The van der Waals surface area contributed by atoms with Gasteiger partial charge in [-0.3, -0.25) is 14.4 Å². The maximum atomic E-state index is 13.2. The van der Waals surface area contributed by atoms with Crippen molar-refractivity contribution in [1.29, 1.82) is 0 Å². The number of rotatable bonds is 6. The summed E-state index contributed by atoms with van der Waals surface area (Å²) in [6, 6.07) is 9.93. The minimum atomic E-state index is -0.00700. The van der Waals surface area contributed by atoms with Gasteiger partial charge in [0.1, 0.15) is 33.0 Å². The van der Waals surface area contributed by atoms with Crippen LogP contribution in [0.4, 0.5) is 17.3 Å². The second kappa shape index (κ2) is 10.8. The van der Waals surface area contributed by atoms with Crippen LogP contribution in [0.5, 0.6) is 0 Å². The Morgan fingerprint density at radius 1 is 0.974 bits per heavy atom. The first-order chi connectivity index (χ1) is 19.0. The van der Waals surface area contributed by atoms with Crippen LogP contribution in [0.2, 0.25) is 10.0 Å². The quantitative estimate of drug-likeness (QED) is 0.271. The van der Waals surface area contributed by atoms with Crippen LogP contribution in [0.1, 0.15) is 12.8 Å². The maximum absolute atomic E-state index is 13.2. The number of aromatic nitrogens is 4. The molecule has 0 bridgehead atoms. The number of imidazole rings is 1. The Morgan fingerprint density at radius 2 is 1.72 bits per heavy atom. The van der Waals surface area contributed by atoms with Crippen LogP contribution in [-0.4, -0.2) is 76.2 Å². The Bertz CT molecular complexity index is 1470. The third kappa shape index (κ3) is 5.14. The number of hydrogen-bond acceptors (Lipinski definition) is 7. The molecule has 4 aromatic heterocycles. The smallest absolute Gasteiger partial charge is 0.243 e. The van der Waals surface area contributed by atoms with Crippen molar-refractivity contribution in [2.75, 3.05) is 60.9 Å². The van der Waals surface area contributed by atoms with Gasteiger partial charge in [-0.25, -0.2) is 9.97 Å². The van der Waals surface area contributed by atoms with Crippen molar-refractivity contribution >= 4 is 52.1 Å². The lowest BCUT2D eigenvalue weighted by Crippen LogP contribution is -2.50. The number of carbonyl (C=O) groups is 1. The molecular weight excluding hydrogens is 539 g/mol. The summed E-state index contributed by atoms with van der Waals surface area (Å²) in [4.78, 5) is 28.9. The standard InChI is InChI=1S/C27H29Cl2N8O2/c28-20-17-36(39)18-21(29)26(20)35-13-11-34(12-14-35)24(38)16-31-27-25(32-23-5-1-2-10-37(23)27)19-6-7-22(30-15-19)33-8-3-4-9-33/h1-2,5-7,10,15,17-18,31,39H,3-4,8-9,11-14,16H2/q+1. The van der Waals surface area contributed by atoms with Gasteiger partial charge in [0, 0.05) is 62.0 Å². The van der Waals surface area contributed by atoms with Crippen molar-refractivity contribution in [3.63, 3.8) is 0 Å². The lowest BCUT2D eigenvalue weighted by molar-refractivity contribution is -0.904. The van der Waals surface area contributed by atoms with Gasteiger partial charge < -0.3 is 20.0 Å². The molecule has 0 spiro atoms. The summed E-state index contributed by atoms with van der Waals surface area (Å²) < 4.78 is 2.80. The molecule has 0 radical (unpaired) electrons. The number of hydrogen-bond donors (Lipinski definition) is 2. The van der Waals surface area contributed by atoms with Crippen molar-refractivity contribution in [2.45, 2.75) is 12.8 Å². The topological polar surface area (TPSA) is 93.1 Å². The van der Waals surface area contributed by atoms with Gasteiger partial charge in [0.25, 0.3) is 0 Å². The van der Waals surface area contributed by atoms with Crippen molar-refractivity contribution < 1.29 is 14.7 Å². The number of pyridine rings is 3. The summed E-state index contributed by atoms with van der Waals surface area (Å²) in [5.74, 6) is 1.73. The first kappa shape index (κ1) is 25.5. The van der Waals surface area contributed by atoms with Gasteiger partial charge in [0.05, 0.1) is 12.2 Å². The average molecular weight is 568 g/mol. The number of amides is 1. The number of nitrogens with zero attached hydrogens (tertiary/aromatic N) is 7. The van der Waals surface area contributed by atoms with Gasteiger partial charge >= 0.3 is 0 Å². The van der Waals surface area contributed by atoms with Crippen LogP contribution >= 0.6 is 23.2 Å². The first-order valence-electron chi connectivity index (χ1n) is 13.0. The van der Waals surface area contributed by atoms with Gasteiger partial charge in [-0.1, -0.05) is 29.3 Å². The van der Waals surface area contributed by atoms with Gasteiger partial charge in [-0.05, 0) is 37.1 Å². The van der Waals surface area contributed by atoms with Crippen molar-refractivity contribution in [3.8, 4) is 11.3 Å². The summed E-state index contributed by atoms with van der Waals surface area (Å²) in [5.41, 5.74) is 3.11. The fourth-order valence-corrected chi connectivity index (χ4v) is 5.98. The summed E-state index contributed by atoms with van der Waals surface area (Å²) in [7, 11) is 0. The molecule has 202 valence electrons. The lowest BCUT2D eigenvalue weighted by atomic mass is 10.2. The SMILES string of the molecule is O=C(CNc1c(-c2ccc(N3CCCC3)nc2)nc2ccccn12)N1CCN(c2c(Cl)c[n+](O)cc2Cl)CC1. The molecule has 0 saturated carbocycles. The van der Waals surface area contributed by atoms with Crippen LogP contribution in [0.15, 0.2) is 55.1 Å². The van der Waals surface area contributed by atoms with E-state index in [0.717, 1.165) is 46.4 Å². The normalized spacial score (nSPS) is 15.8. The molecule has 2 saturated heterocycles. The number of nitrogens with one attached hydrogen (secondary N) is 1. The van der Waals surface area contributed by atoms with Crippen molar-refractivity contribution in [3.05, 3.63) is 65.2 Å². The number of anilines is 3. The Morgan fingerprint density at radius 3 is 2.41 bits per heavy atom. The lowest BCUT2D eigenvalue weighted by Gasteiger charge is -2.36. The Kier molecular flexibility index (Phi) is 7.05. The predicted molar refractivity (Wildman–Crippen MR) is 151 cm³/mol. The minimum Gasteiger partial charge on any atom is -0.365 e. The van der Waals surface area contributed by atoms with E-state index in [4.69, 9.17) is 33.2 Å². The molecule has 2 aliphatic heterocycles. The molecule has 10 nitrogen and oxygen atoms in total. The Balaban J connectivity index is 1.15. The highest BCUT2D eigenvalue weighted by molar-refractivity contribution is 6.38. The van der Waals surface area contributed by atoms with E-state index in [1.54, 1.807) is 0 Å². The molecule has 0 unspecified atom stereocenters. The fourth-order valence-electron chi connectivity index (χ4n) is 5.28. The monoisotopic (exact) mass is 567 g/mol. The molecule has 0 aromatic carbocycles.